The highest BCUT2D eigenvalue weighted by atomic mass is 15.2. The van der Waals surface area contributed by atoms with Crippen LogP contribution in [0.25, 0.3) is 16.8 Å². The summed E-state index contributed by atoms with van der Waals surface area (Å²) in [6.45, 7) is 5.81. The monoisotopic (exact) mass is 428 g/mol. The number of benzene rings is 3. The van der Waals surface area contributed by atoms with Crippen molar-refractivity contribution >= 4 is 16.8 Å². The van der Waals surface area contributed by atoms with Crippen molar-refractivity contribution in [2.75, 3.05) is 13.1 Å². The Hall–Kier alpha value is -3.62. The Morgan fingerprint density at radius 2 is 1.42 bits per heavy atom. The molecule has 2 heterocycles. The van der Waals surface area contributed by atoms with Crippen molar-refractivity contribution in [3.63, 3.8) is 0 Å². The zero-order valence-corrected chi connectivity index (χ0v) is 19.2. The topological polar surface area (TPSA) is 29.3 Å². The molecule has 0 fully saturated rings. The molecule has 3 aliphatic rings. The molecule has 0 saturated carbocycles. The first kappa shape index (κ1) is 20.0. The summed E-state index contributed by atoms with van der Waals surface area (Å²) in [7, 11) is 0. The van der Waals surface area contributed by atoms with Crippen LogP contribution in [0, 0.1) is 0 Å². The fraction of sp³-hybridized carbons (Fsp3) is 0.161. The van der Waals surface area contributed by atoms with Crippen LogP contribution in [-0.2, 0) is 5.54 Å². The van der Waals surface area contributed by atoms with E-state index in [1.165, 1.54) is 55.8 Å². The van der Waals surface area contributed by atoms with Gasteiger partial charge in [-0.1, -0.05) is 90.5 Å². The van der Waals surface area contributed by atoms with Crippen molar-refractivity contribution in [2.45, 2.75) is 19.4 Å². The van der Waals surface area contributed by atoms with Crippen molar-refractivity contribution in [2.24, 2.45) is 5.73 Å². The molecule has 0 spiro atoms. The second-order valence-electron chi connectivity index (χ2n) is 9.21. The summed E-state index contributed by atoms with van der Waals surface area (Å²) in [5, 5.41) is 0. The first-order valence-electron chi connectivity index (χ1n) is 11.7. The predicted octanol–water partition coefficient (Wildman–Crippen LogP) is 6.38. The number of hydrogen-bond donors (Lipinski definition) is 1. The van der Waals surface area contributed by atoms with E-state index in [0.29, 0.717) is 6.54 Å². The third-order valence-corrected chi connectivity index (χ3v) is 7.50. The lowest BCUT2D eigenvalue weighted by molar-refractivity contribution is 0.246. The van der Waals surface area contributed by atoms with E-state index in [1.54, 1.807) is 0 Å². The normalized spacial score (nSPS) is 21.1. The van der Waals surface area contributed by atoms with Crippen LogP contribution in [0.4, 0.5) is 0 Å². The van der Waals surface area contributed by atoms with Gasteiger partial charge in [0, 0.05) is 24.4 Å². The largest absolute Gasteiger partial charge is 0.352 e. The molecule has 2 aliphatic heterocycles. The maximum absolute atomic E-state index is 6.72. The molecule has 0 bridgehead atoms. The third kappa shape index (κ3) is 2.77. The molecule has 0 aromatic heterocycles. The van der Waals surface area contributed by atoms with E-state index >= 15 is 0 Å². The quantitative estimate of drug-likeness (QED) is 0.523. The number of rotatable bonds is 4. The molecule has 0 radical (unpaired) electrons. The Labute approximate surface area is 196 Å². The van der Waals surface area contributed by atoms with Crippen LogP contribution < -0.4 is 5.73 Å². The molecule has 0 amide bonds. The minimum atomic E-state index is -0.389. The van der Waals surface area contributed by atoms with E-state index in [0.717, 1.165) is 6.54 Å². The first-order chi connectivity index (χ1) is 16.1. The van der Waals surface area contributed by atoms with Gasteiger partial charge in [0.2, 0.25) is 0 Å². The minimum absolute atomic E-state index is 0.389. The molecule has 2 heteroatoms. The standard InChI is InChI=1S/C31H28N2/c1-21-16-17-33-30(18-21)25-13-7-9-15-29(25)31(33,20-32)28-14-8-6-12-24(28)27-19-26(22(27)2)23-10-4-3-5-11-23/h3-16,18-19H,17,20,32H2,1-2H3/t31-/m0/s1. The molecule has 0 saturated heterocycles. The lowest BCUT2D eigenvalue weighted by Gasteiger charge is -2.43. The van der Waals surface area contributed by atoms with Crippen molar-refractivity contribution in [3.05, 3.63) is 136 Å². The molecular formula is C31H28N2. The van der Waals surface area contributed by atoms with Crippen molar-refractivity contribution in [3.8, 4) is 0 Å². The zero-order chi connectivity index (χ0) is 22.6. The number of hydrogen-bond acceptors (Lipinski definition) is 2. The fourth-order valence-electron chi connectivity index (χ4n) is 5.81. The number of fused-ring (bicyclic) bond motifs is 3. The van der Waals surface area contributed by atoms with Crippen molar-refractivity contribution in [1.29, 1.82) is 0 Å². The van der Waals surface area contributed by atoms with Gasteiger partial charge < -0.3 is 10.6 Å². The third-order valence-electron chi connectivity index (χ3n) is 7.50. The van der Waals surface area contributed by atoms with E-state index in [9.17, 15) is 0 Å². The van der Waals surface area contributed by atoms with Gasteiger partial charge >= 0.3 is 0 Å². The Kier molecular flexibility index (Phi) is 4.53. The van der Waals surface area contributed by atoms with Gasteiger partial charge in [-0.15, -0.1) is 0 Å². The molecule has 3 aromatic rings. The number of nitrogens with two attached hydrogens (primary N) is 1. The summed E-state index contributed by atoms with van der Waals surface area (Å²) in [6.07, 6.45) is 6.96. The molecule has 2 N–H and O–H groups in total. The summed E-state index contributed by atoms with van der Waals surface area (Å²) in [5.74, 6) is 0. The van der Waals surface area contributed by atoms with Crippen LogP contribution in [0.1, 0.15) is 41.7 Å². The molecule has 2 nitrogen and oxygen atoms in total. The van der Waals surface area contributed by atoms with Gasteiger partial charge in [-0.2, -0.15) is 0 Å². The zero-order valence-electron chi connectivity index (χ0n) is 19.2. The molecule has 1 atom stereocenters. The van der Waals surface area contributed by atoms with Crippen molar-refractivity contribution < 1.29 is 0 Å². The highest BCUT2D eigenvalue weighted by molar-refractivity contribution is 6.05. The average Bonchev–Trinajstić information content (AvgIpc) is 3.14. The second-order valence-corrected chi connectivity index (χ2v) is 9.21. The summed E-state index contributed by atoms with van der Waals surface area (Å²) < 4.78 is 0. The smallest absolute Gasteiger partial charge is 0.104 e. The summed E-state index contributed by atoms with van der Waals surface area (Å²) >= 11 is 0. The van der Waals surface area contributed by atoms with Crippen LogP contribution in [0.5, 0.6) is 0 Å². The summed E-state index contributed by atoms with van der Waals surface area (Å²) in [6, 6.07) is 28.3. The van der Waals surface area contributed by atoms with Crippen LogP contribution >= 0.6 is 0 Å². The average molecular weight is 429 g/mol. The Morgan fingerprint density at radius 1 is 0.788 bits per heavy atom. The lowest BCUT2D eigenvalue weighted by atomic mass is 9.74. The van der Waals surface area contributed by atoms with E-state index in [-0.39, 0.29) is 5.54 Å². The summed E-state index contributed by atoms with van der Waals surface area (Å²) in [5.41, 5.74) is 19.4. The Bertz CT molecular complexity index is 1390. The van der Waals surface area contributed by atoms with E-state index in [1.807, 2.05) is 0 Å². The number of allylic oxidation sites excluding steroid dienone is 6. The van der Waals surface area contributed by atoms with Gasteiger partial charge in [0.25, 0.3) is 0 Å². The molecule has 33 heavy (non-hydrogen) atoms. The Balaban J connectivity index is 1.53. The van der Waals surface area contributed by atoms with Crippen LogP contribution in [0.2, 0.25) is 0 Å². The van der Waals surface area contributed by atoms with E-state index < -0.39 is 0 Å². The summed E-state index contributed by atoms with van der Waals surface area (Å²) in [4.78, 5) is 2.51. The molecule has 6 rings (SSSR count). The van der Waals surface area contributed by atoms with Gasteiger partial charge in [0.15, 0.2) is 0 Å². The van der Waals surface area contributed by atoms with Gasteiger partial charge in [0.05, 0.1) is 0 Å². The van der Waals surface area contributed by atoms with Gasteiger partial charge in [-0.25, -0.2) is 0 Å². The molecule has 3 aromatic carbocycles. The van der Waals surface area contributed by atoms with Crippen LogP contribution in [0.3, 0.4) is 0 Å². The van der Waals surface area contributed by atoms with Gasteiger partial charge in [0.1, 0.15) is 5.54 Å². The highest BCUT2D eigenvalue weighted by Crippen LogP contribution is 2.53. The van der Waals surface area contributed by atoms with Gasteiger partial charge in [-0.3, -0.25) is 0 Å². The fourth-order valence-corrected chi connectivity index (χ4v) is 5.81. The SMILES string of the molecule is CC1=CCN2C(=C1)c1ccccc1[C@]2(CN)c1ccccc1C1=C(C)C(c2ccccc2)=C1. The molecule has 0 unspecified atom stereocenters. The van der Waals surface area contributed by atoms with E-state index in [4.69, 9.17) is 5.73 Å². The number of nitrogens with zero attached hydrogens (tertiary/aromatic N) is 1. The van der Waals surface area contributed by atoms with Crippen LogP contribution in [0.15, 0.2) is 108 Å². The lowest BCUT2D eigenvalue weighted by Crippen LogP contribution is -2.48. The minimum Gasteiger partial charge on any atom is -0.352 e. The maximum atomic E-state index is 6.72. The maximum Gasteiger partial charge on any atom is 0.104 e. The molecule has 1 aliphatic carbocycles. The molecule has 162 valence electrons. The van der Waals surface area contributed by atoms with Crippen molar-refractivity contribution in [1.82, 2.24) is 4.90 Å². The molecular weight excluding hydrogens is 400 g/mol. The van der Waals surface area contributed by atoms with Crippen LogP contribution in [-0.4, -0.2) is 18.0 Å². The Morgan fingerprint density at radius 3 is 2.12 bits per heavy atom. The highest BCUT2D eigenvalue weighted by Gasteiger charge is 2.49. The predicted molar refractivity (Wildman–Crippen MR) is 138 cm³/mol. The van der Waals surface area contributed by atoms with Gasteiger partial charge in [-0.05, 0) is 65.0 Å². The first-order valence-corrected chi connectivity index (χ1v) is 11.7. The second kappa shape index (κ2) is 7.47. The van der Waals surface area contributed by atoms with E-state index in [2.05, 4.69) is 116 Å².